The number of hydrogen-bond donors (Lipinski definition) is 1. The number of aromatic nitrogens is 1. The quantitative estimate of drug-likeness (QED) is 0.785. The van der Waals surface area contributed by atoms with Crippen molar-refractivity contribution in [2.75, 3.05) is 7.11 Å². The molecular weight excluding hydrogens is 204 g/mol. The zero-order chi connectivity index (χ0) is 11.7. The van der Waals surface area contributed by atoms with Crippen LogP contribution in [0.1, 0.15) is 11.3 Å². The molecule has 0 aliphatic rings. The molecule has 16 heavy (non-hydrogen) atoms. The van der Waals surface area contributed by atoms with Crippen molar-refractivity contribution in [3.05, 3.63) is 39.7 Å². The lowest BCUT2D eigenvalue weighted by atomic mass is 10.1. The van der Waals surface area contributed by atoms with Gasteiger partial charge in [-0.15, -0.1) is 0 Å². The number of nitrogens with zero attached hydrogens (tertiary/aromatic N) is 1. The van der Waals surface area contributed by atoms with Crippen LogP contribution in [0.15, 0.2) is 23.0 Å². The maximum absolute atomic E-state index is 12.0. The van der Waals surface area contributed by atoms with Gasteiger partial charge in [-0.2, -0.15) is 5.26 Å². The number of para-hydroxylation sites is 1. The summed E-state index contributed by atoms with van der Waals surface area (Å²) in [4.78, 5) is 15.0. The number of aromatic amines is 1. The van der Waals surface area contributed by atoms with E-state index in [0.717, 1.165) is 0 Å². The normalized spacial score (nSPS) is 10.1. The van der Waals surface area contributed by atoms with Gasteiger partial charge in [0, 0.05) is 5.69 Å². The summed E-state index contributed by atoms with van der Waals surface area (Å²) in [5.41, 5.74) is 1.09. The molecule has 4 nitrogen and oxygen atoms in total. The van der Waals surface area contributed by atoms with Gasteiger partial charge in [0.2, 0.25) is 5.43 Å². The van der Waals surface area contributed by atoms with Gasteiger partial charge in [0.25, 0.3) is 0 Å². The minimum atomic E-state index is -0.257. The third-order valence-corrected chi connectivity index (χ3v) is 2.52. The predicted octanol–water partition coefficient (Wildman–Crippen LogP) is 1.72. The van der Waals surface area contributed by atoms with Gasteiger partial charge in [0.15, 0.2) is 0 Å². The summed E-state index contributed by atoms with van der Waals surface area (Å²) < 4.78 is 5.16. The molecular formula is C12H10N2O2. The summed E-state index contributed by atoms with van der Waals surface area (Å²) in [6.07, 6.45) is 0. The van der Waals surface area contributed by atoms with Gasteiger partial charge in [-0.05, 0) is 19.1 Å². The lowest BCUT2D eigenvalue weighted by molar-refractivity contribution is 0.419. The fraction of sp³-hybridized carbons (Fsp3) is 0.167. The van der Waals surface area contributed by atoms with Crippen LogP contribution >= 0.6 is 0 Å². The highest BCUT2D eigenvalue weighted by atomic mass is 16.5. The number of hydrogen-bond acceptors (Lipinski definition) is 3. The molecule has 0 bridgehead atoms. The van der Waals surface area contributed by atoms with Crippen molar-refractivity contribution in [2.45, 2.75) is 6.92 Å². The van der Waals surface area contributed by atoms with E-state index >= 15 is 0 Å². The number of ether oxygens (including phenoxy) is 1. The molecule has 0 spiro atoms. The molecule has 4 heteroatoms. The molecule has 0 fully saturated rings. The van der Waals surface area contributed by atoms with E-state index < -0.39 is 0 Å². The Kier molecular flexibility index (Phi) is 2.37. The number of fused-ring (bicyclic) bond motifs is 1. The molecule has 0 radical (unpaired) electrons. The Hall–Kier alpha value is -2.28. The number of benzene rings is 1. The van der Waals surface area contributed by atoms with Gasteiger partial charge in [-0.1, -0.05) is 6.07 Å². The van der Waals surface area contributed by atoms with E-state index in [2.05, 4.69) is 4.98 Å². The van der Waals surface area contributed by atoms with E-state index in [9.17, 15) is 4.79 Å². The predicted molar refractivity (Wildman–Crippen MR) is 60.6 cm³/mol. The van der Waals surface area contributed by atoms with Gasteiger partial charge in [-0.3, -0.25) is 4.79 Å². The highest BCUT2D eigenvalue weighted by Gasteiger charge is 2.10. The molecule has 1 N–H and O–H groups in total. The van der Waals surface area contributed by atoms with Crippen LogP contribution in [0.25, 0.3) is 10.9 Å². The van der Waals surface area contributed by atoms with Crippen LogP contribution in [0.4, 0.5) is 0 Å². The van der Waals surface area contributed by atoms with E-state index in [0.29, 0.717) is 22.3 Å². The summed E-state index contributed by atoms with van der Waals surface area (Å²) in [5.74, 6) is 0.599. The van der Waals surface area contributed by atoms with Crippen LogP contribution in [0.2, 0.25) is 0 Å². The summed E-state index contributed by atoms with van der Waals surface area (Å²) in [6, 6.07) is 7.08. The van der Waals surface area contributed by atoms with Gasteiger partial charge >= 0.3 is 0 Å². The third-order valence-electron chi connectivity index (χ3n) is 2.52. The summed E-state index contributed by atoms with van der Waals surface area (Å²) in [6.45, 7) is 1.70. The first-order valence-corrected chi connectivity index (χ1v) is 4.78. The Labute approximate surface area is 92.1 Å². The highest BCUT2D eigenvalue weighted by Crippen LogP contribution is 2.21. The van der Waals surface area contributed by atoms with Crippen molar-refractivity contribution in [1.82, 2.24) is 4.98 Å². The van der Waals surface area contributed by atoms with E-state index in [1.165, 1.54) is 0 Å². The monoisotopic (exact) mass is 214 g/mol. The smallest absolute Gasteiger partial charge is 0.207 e. The molecule has 1 aromatic carbocycles. The highest BCUT2D eigenvalue weighted by molar-refractivity contribution is 5.85. The lowest BCUT2D eigenvalue weighted by Gasteiger charge is -2.06. The van der Waals surface area contributed by atoms with Crippen LogP contribution in [-0.2, 0) is 0 Å². The molecule has 2 rings (SSSR count). The van der Waals surface area contributed by atoms with Crippen molar-refractivity contribution in [2.24, 2.45) is 0 Å². The molecule has 0 aliphatic heterocycles. The zero-order valence-corrected chi connectivity index (χ0v) is 9.00. The average molecular weight is 214 g/mol. The zero-order valence-electron chi connectivity index (χ0n) is 9.00. The molecule has 80 valence electrons. The minimum Gasteiger partial charge on any atom is -0.495 e. The molecule has 1 aromatic heterocycles. The third kappa shape index (κ3) is 1.34. The Morgan fingerprint density at radius 3 is 2.81 bits per heavy atom. The Morgan fingerprint density at radius 2 is 2.19 bits per heavy atom. The molecule has 0 amide bonds. The van der Waals surface area contributed by atoms with Crippen LogP contribution in [0.5, 0.6) is 5.75 Å². The van der Waals surface area contributed by atoms with Crippen molar-refractivity contribution >= 4 is 10.9 Å². The number of pyridine rings is 1. The van der Waals surface area contributed by atoms with E-state index in [1.54, 1.807) is 32.2 Å². The SMILES string of the molecule is COc1cccc2c(=O)c(C#N)c(C)[nH]c12. The Bertz CT molecular complexity index is 650. The Balaban J connectivity index is 2.99. The van der Waals surface area contributed by atoms with Gasteiger partial charge < -0.3 is 9.72 Å². The van der Waals surface area contributed by atoms with Crippen molar-refractivity contribution in [1.29, 1.82) is 5.26 Å². The van der Waals surface area contributed by atoms with Crippen molar-refractivity contribution in [3.8, 4) is 11.8 Å². The van der Waals surface area contributed by atoms with Gasteiger partial charge in [0.05, 0.1) is 18.0 Å². The van der Waals surface area contributed by atoms with Crippen molar-refractivity contribution in [3.63, 3.8) is 0 Å². The Morgan fingerprint density at radius 1 is 1.44 bits per heavy atom. The molecule has 0 atom stereocenters. The van der Waals surface area contributed by atoms with E-state index in [4.69, 9.17) is 10.00 Å². The first-order chi connectivity index (χ1) is 7.69. The van der Waals surface area contributed by atoms with Crippen LogP contribution in [0.3, 0.4) is 0 Å². The molecule has 1 heterocycles. The number of methoxy groups -OCH3 is 1. The fourth-order valence-electron chi connectivity index (χ4n) is 1.71. The average Bonchev–Trinajstić information content (AvgIpc) is 2.29. The van der Waals surface area contributed by atoms with Crippen LogP contribution in [0, 0.1) is 18.3 Å². The topological polar surface area (TPSA) is 65.9 Å². The largest absolute Gasteiger partial charge is 0.495 e. The maximum atomic E-state index is 12.0. The molecule has 0 saturated heterocycles. The molecule has 0 unspecified atom stereocenters. The van der Waals surface area contributed by atoms with E-state index in [-0.39, 0.29) is 11.0 Å². The number of rotatable bonds is 1. The lowest BCUT2D eigenvalue weighted by Crippen LogP contribution is -2.10. The summed E-state index contributed by atoms with van der Waals surface area (Å²) >= 11 is 0. The fourth-order valence-corrected chi connectivity index (χ4v) is 1.71. The standard InChI is InChI=1S/C12H10N2O2/c1-7-9(6-13)12(15)8-4-3-5-10(16-2)11(8)14-7/h3-5H,1-2H3,(H,14,15). The van der Waals surface area contributed by atoms with Crippen LogP contribution < -0.4 is 10.2 Å². The molecule has 2 aromatic rings. The van der Waals surface area contributed by atoms with Gasteiger partial charge in [-0.25, -0.2) is 0 Å². The van der Waals surface area contributed by atoms with E-state index in [1.807, 2.05) is 6.07 Å². The minimum absolute atomic E-state index is 0.153. The maximum Gasteiger partial charge on any atom is 0.207 e. The first-order valence-electron chi connectivity index (χ1n) is 4.78. The number of nitrogens with one attached hydrogen (secondary N) is 1. The van der Waals surface area contributed by atoms with Crippen LogP contribution in [-0.4, -0.2) is 12.1 Å². The number of nitriles is 1. The molecule has 0 aliphatic carbocycles. The first kappa shape index (κ1) is 10.2. The number of aryl methyl sites for hydroxylation is 1. The summed E-state index contributed by atoms with van der Waals surface area (Å²) in [7, 11) is 1.54. The summed E-state index contributed by atoms with van der Waals surface area (Å²) in [5, 5.41) is 9.36. The second kappa shape index (κ2) is 3.70. The van der Waals surface area contributed by atoms with Crippen molar-refractivity contribution < 1.29 is 4.74 Å². The second-order valence-corrected chi connectivity index (χ2v) is 3.45. The van der Waals surface area contributed by atoms with Gasteiger partial charge in [0.1, 0.15) is 17.4 Å². The second-order valence-electron chi connectivity index (χ2n) is 3.45. The molecule has 0 saturated carbocycles. The number of H-pyrrole nitrogens is 1.